The maximum absolute atomic E-state index is 12.5. The van der Waals surface area contributed by atoms with Crippen molar-refractivity contribution in [3.8, 4) is 0 Å². The summed E-state index contributed by atoms with van der Waals surface area (Å²) in [6, 6.07) is 10.1. The van der Waals surface area contributed by atoms with E-state index in [1.165, 1.54) is 22.6 Å². The molecule has 1 aliphatic heterocycles. The molecule has 2 heterocycles. The van der Waals surface area contributed by atoms with Gasteiger partial charge in [0.15, 0.2) is 0 Å². The molecule has 3 rings (SSSR count). The Morgan fingerprint density at radius 3 is 2.72 bits per heavy atom. The Kier molecular flexibility index (Phi) is 5.08. The molecule has 8 heteroatoms. The quantitative estimate of drug-likeness (QED) is 0.630. The van der Waals surface area contributed by atoms with Gasteiger partial charge in [0.1, 0.15) is 12.4 Å². The van der Waals surface area contributed by atoms with Crippen molar-refractivity contribution in [3.63, 3.8) is 0 Å². The number of rotatable bonds is 6. The SMILES string of the molecule is NC[C@@H]1CN(C(=O)CCn2cc([N+](=O)[O-])cn2)C[C@H]1c1ccccc1. The first-order valence-electron chi connectivity index (χ1n) is 8.28. The number of carbonyl (C=O) groups is 1. The molecular formula is C17H21N5O3. The number of aryl methyl sites for hydroxylation is 1. The van der Waals surface area contributed by atoms with Crippen LogP contribution in [0.1, 0.15) is 17.9 Å². The van der Waals surface area contributed by atoms with E-state index in [0.717, 1.165) is 0 Å². The molecule has 2 atom stereocenters. The van der Waals surface area contributed by atoms with E-state index in [2.05, 4.69) is 17.2 Å². The zero-order valence-electron chi connectivity index (χ0n) is 13.8. The molecule has 1 saturated heterocycles. The molecule has 0 unspecified atom stereocenters. The third-order valence-corrected chi connectivity index (χ3v) is 4.71. The van der Waals surface area contributed by atoms with Crippen LogP contribution in [0.2, 0.25) is 0 Å². The number of aromatic nitrogens is 2. The van der Waals surface area contributed by atoms with E-state index in [1.54, 1.807) is 0 Å². The summed E-state index contributed by atoms with van der Waals surface area (Å²) in [4.78, 5) is 24.5. The molecular weight excluding hydrogens is 322 g/mol. The number of nitro groups is 1. The largest absolute Gasteiger partial charge is 0.342 e. The first-order valence-corrected chi connectivity index (χ1v) is 8.28. The molecule has 1 aromatic heterocycles. The summed E-state index contributed by atoms with van der Waals surface area (Å²) in [5.74, 6) is 0.521. The second kappa shape index (κ2) is 7.43. The van der Waals surface area contributed by atoms with Gasteiger partial charge in [-0.3, -0.25) is 19.6 Å². The summed E-state index contributed by atoms with van der Waals surface area (Å²) >= 11 is 0. The van der Waals surface area contributed by atoms with E-state index in [4.69, 9.17) is 5.73 Å². The zero-order chi connectivity index (χ0) is 17.8. The van der Waals surface area contributed by atoms with Crippen molar-refractivity contribution in [1.29, 1.82) is 0 Å². The van der Waals surface area contributed by atoms with Crippen molar-refractivity contribution in [3.05, 3.63) is 58.4 Å². The molecule has 0 spiro atoms. The van der Waals surface area contributed by atoms with Crippen LogP contribution in [0.25, 0.3) is 0 Å². The minimum Gasteiger partial charge on any atom is -0.342 e. The number of hydrogen-bond donors (Lipinski definition) is 1. The standard InChI is InChI=1S/C17H21N5O3/c18-8-14-10-20(12-16(14)13-4-2-1-3-5-13)17(23)6-7-21-11-15(9-19-21)22(24)25/h1-5,9,11,14,16H,6-8,10,12,18H2/t14-,16+/m1/s1. The van der Waals surface area contributed by atoms with Crippen LogP contribution in [-0.2, 0) is 11.3 Å². The van der Waals surface area contributed by atoms with Crippen LogP contribution in [0.15, 0.2) is 42.7 Å². The Morgan fingerprint density at radius 2 is 2.08 bits per heavy atom. The lowest BCUT2D eigenvalue weighted by Crippen LogP contribution is -2.30. The normalized spacial score (nSPS) is 20.0. The van der Waals surface area contributed by atoms with E-state index in [-0.39, 0.29) is 29.9 Å². The first kappa shape index (κ1) is 17.1. The van der Waals surface area contributed by atoms with Gasteiger partial charge in [0, 0.05) is 32.0 Å². The lowest BCUT2D eigenvalue weighted by Gasteiger charge is -2.17. The van der Waals surface area contributed by atoms with Crippen molar-refractivity contribution in [2.45, 2.75) is 18.9 Å². The Bertz CT molecular complexity index is 746. The van der Waals surface area contributed by atoms with Gasteiger partial charge in [0.2, 0.25) is 5.91 Å². The number of carbonyl (C=O) groups excluding carboxylic acids is 1. The highest BCUT2D eigenvalue weighted by Gasteiger charge is 2.34. The number of benzene rings is 1. The van der Waals surface area contributed by atoms with Gasteiger partial charge in [-0.15, -0.1) is 0 Å². The fourth-order valence-electron chi connectivity index (χ4n) is 3.33. The third-order valence-electron chi connectivity index (χ3n) is 4.71. The number of amides is 1. The van der Waals surface area contributed by atoms with Gasteiger partial charge in [-0.05, 0) is 18.0 Å². The second-order valence-electron chi connectivity index (χ2n) is 6.28. The van der Waals surface area contributed by atoms with E-state index in [9.17, 15) is 14.9 Å². The third kappa shape index (κ3) is 3.85. The molecule has 2 aromatic rings. The topological polar surface area (TPSA) is 107 Å². The van der Waals surface area contributed by atoms with Crippen molar-refractivity contribution in [1.82, 2.24) is 14.7 Å². The van der Waals surface area contributed by atoms with E-state index >= 15 is 0 Å². The molecule has 2 N–H and O–H groups in total. The summed E-state index contributed by atoms with van der Waals surface area (Å²) in [7, 11) is 0. The summed E-state index contributed by atoms with van der Waals surface area (Å²) in [5.41, 5.74) is 7.04. The average molecular weight is 343 g/mol. The van der Waals surface area contributed by atoms with Crippen molar-refractivity contribution in [2.24, 2.45) is 11.7 Å². The van der Waals surface area contributed by atoms with Gasteiger partial charge in [0.25, 0.3) is 0 Å². The summed E-state index contributed by atoms with van der Waals surface area (Å²) in [6.07, 6.45) is 2.79. The van der Waals surface area contributed by atoms with Gasteiger partial charge < -0.3 is 10.6 Å². The molecule has 8 nitrogen and oxygen atoms in total. The Morgan fingerprint density at radius 1 is 1.32 bits per heavy atom. The van der Waals surface area contributed by atoms with E-state index < -0.39 is 4.92 Å². The predicted molar refractivity (Wildman–Crippen MR) is 91.8 cm³/mol. The maximum Gasteiger partial charge on any atom is 0.306 e. The molecule has 25 heavy (non-hydrogen) atoms. The average Bonchev–Trinajstić information content (AvgIpc) is 3.27. The molecule has 1 aromatic carbocycles. The van der Waals surface area contributed by atoms with Crippen molar-refractivity contribution >= 4 is 11.6 Å². The van der Waals surface area contributed by atoms with Gasteiger partial charge in [-0.2, -0.15) is 5.10 Å². The Balaban J connectivity index is 1.59. The highest BCUT2D eigenvalue weighted by Crippen LogP contribution is 2.32. The van der Waals surface area contributed by atoms with Crippen LogP contribution < -0.4 is 5.73 Å². The van der Waals surface area contributed by atoms with Gasteiger partial charge in [-0.25, -0.2) is 0 Å². The Hall–Kier alpha value is -2.74. The number of hydrogen-bond acceptors (Lipinski definition) is 5. The smallest absolute Gasteiger partial charge is 0.306 e. The minimum absolute atomic E-state index is 0.0232. The Labute approximate surface area is 145 Å². The van der Waals surface area contributed by atoms with E-state index in [0.29, 0.717) is 26.2 Å². The molecule has 0 bridgehead atoms. The molecule has 1 aliphatic rings. The summed E-state index contributed by atoms with van der Waals surface area (Å²) in [6.45, 7) is 2.17. The number of nitrogens with zero attached hydrogens (tertiary/aromatic N) is 4. The molecule has 1 amide bonds. The van der Waals surface area contributed by atoms with Gasteiger partial charge in [0.05, 0.1) is 4.92 Å². The molecule has 0 aliphatic carbocycles. The first-order chi connectivity index (χ1) is 12.1. The minimum atomic E-state index is -0.498. The van der Waals surface area contributed by atoms with Gasteiger partial charge in [-0.1, -0.05) is 30.3 Å². The summed E-state index contributed by atoms with van der Waals surface area (Å²) in [5, 5.41) is 14.6. The second-order valence-corrected chi connectivity index (χ2v) is 6.28. The lowest BCUT2D eigenvalue weighted by molar-refractivity contribution is -0.385. The highest BCUT2D eigenvalue weighted by molar-refractivity contribution is 5.76. The van der Waals surface area contributed by atoms with Crippen LogP contribution in [0.4, 0.5) is 5.69 Å². The van der Waals surface area contributed by atoms with Crippen LogP contribution >= 0.6 is 0 Å². The van der Waals surface area contributed by atoms with Crippen molar-refractivity contribution < 1.29 is 9.72 Å². The van der Waals surface area contributed by atoms with Crippen molar-refractivity contribution in [2.75, 3.05) is 19.6 Å². The van der Waals surface area contributed by atoms with Crippen LogP contribution in [-0.4, -0.2) is 45.1 Å². The van der Waals surface area contributed by atoms with E-state index in [1.807, 2.05) is 23.1 Å². The molecule has 132 valence electrons. The zero-order valence-corrected chi connectivity index (χ0v) is 13.8. The predicted octanol–water partition coefficient (Wildman–Crippen LogP) is 1.38. The monoisotopic (exact) mass is 343 g/mol. The lowest BCUT2D eigenvalue weighted by atomic mass is 9.89. The maximum atomic E-state index is 12.5. The number of nitrogens with two attached hydrogens (primary N) is 1. The van der Waals surface area contributed by atoms with Gasteiger partial charge >= 0.3 is 5.69 Å². The van der Waals surface area contributed by atoms with Crippen LogP contribution in [0.5, 0.6) is 0 Å². The molecule has 1 fully saturated rings. The molecule has 0 radical (unpaired) electrons. The summed E-state index contributed by atoms with van der Waals surface area (Å²) < 4.78 is 1.43. The van der Waals surface area contributed by atoms with Crippen LogP contribution in [0, 0.1) is 16.0 Å². The highest BCUT2D eigenvalue weighted by atomic mass is 16.6. The number of likely N-dealkylation sites (tertiary alicyclic amines) is 1. The fraction of sp³-hybridized carbons (Fsp3) is 0.412. The van der Waals surface area contributed by atoms with Crippen LogP contribution in [0.3, 0.4) is 0 Å². The molecule has 0 saturated carbocycles. The fourth-order valence-corrected chi connectivity index (χ4v) is 3.33.